The van der Waals surface area contributed by atoms with Gasteiger partial charge in [-0.15, -0.1) is 0 Å². The molecular weight excluding hydrogens is 306 g/mol. The molecule has 4 rings (SSSR count). The van der Waals surface area contributed by atoms with Gasteiger partial charge in [0, 0.05) is 5.56 Å². The lowest BCUT2D eigenvalue weighted by Crippen LogP contribution is -2.15. The van der Waals surface area contributed by atoms with Crippen molar-refractivity contribution in [2.75, 3.05) is 13.2 Å². The molecule has 2 aromatic carbocycles. The van der Waals surface area contributed by atoms with Gasteiger partial charge in [-0.3, -0.25) is 0 Å². The average Bonchev–Trinajstić information content (AvgIpc) is 2.96. The van der Waals surface area contributed by atoms with Crippen molar-refractivity contribution in [1.29, 1.82) is 0 Å². The zero-order valence-electron chi connectivity index (χ0n) is 13.1. The summed E-state index contributed by atoms with van der Waals surface area (Å²) >= 11 is 0. The van der Waals surface area contributed by atoms with Gasteiger partial charge in [0.2, 0.25) is 5.90 Å². The molecule has 24 heavy (non-hydrogen) atoms. The topological polar surface area (TPSA) is 57.1 Å². The highest BCUT2D eigenvalue weighted by Crippen LogP contribution is 2.32. The maximum absolute atomic E-state index is 12.1. The number of cyclic esters (lactones) is 1. The summed E-state index contributed by atoms with van der Waals surface area (Å²) < 4.78 is 16.4. The van der Waals surface area contributed by atoms with Crippen molar-refractivity contribution < 1.29 is 19.0 Å². The molecule has 0 aromatic heterocycles. The Labute approximate surface area is 139 Å². The lowest BCUT2D eigenvalue weighted by atomic mass is 10.1. The fourth-order valence-corrected chi connectivity index (χ4v) is 2.64. The van der Waals surface area contributed by atoms with E-state index in [9.17, 15) is 4.79 Å². The minimum atomic E-state index is -0.455. The van der Waals surface area contributed by atoms with Crippen LogP contribution in [-0.2, 0) is 9.53 Å². The maximum atomic E-state index is 12.1. The molecule has 0 radical (unpaired) electrons. The Balaban J connectivity index is 1.67. The van der Waals surface area contributed by atoms with E-state index in [0.29, 0.717) is 30.6 Å². The number of hydrogen-bond acceptors (Lipinski definition) is 5. The molecule has 0 unspecified atom stereocenters. The number of rotatable bonds is 2. The first kappa shape index (κ1) is 14.5. The van der Waals surface area contributed by atoms with Crippen molar-refractivity contribution in [3.63, 3.8) is 0 Å². The predicted molar refractivity (Wildman–Crippen MR) is 89.2 cm³/mol. The van der Waals surface area contributed by atoms with Crippen LogP contribution in [0, 0.1) is 6.92 Å². The SMILES string of the molecule is Cc1ccccc1C1=N/C(=C\c2ccc3c(c2)OCCO3)C(=O)O1. The number of fused-ring (bicyclic) bond motifs is 1. The number of carbonyl (C=O) groups excluding carboxylic acids is 1. The number of esters is 1. The van der Waals surface area contributed by atoms with Gasteiger partial charge in [0.05, 0.1) is 0 Å². The van der Waals surface area contributed by atoms with E-state index in [1.165, 1.54) is 0 Å². The summed E-state index contributed by atoms with van der Waals surface area (Å²) in [5, 5.41) is 0. The van der Waals surface area contributed by atoms with Crippen LogP contribution in [-0.4, -0.2) is 25.1 Å². The van der Waals surface area contributed by atoms with Crippen LogP contribution in [0.1, 0.15) is 16.7 Å². The van der Waals surface area contributed by atoms with Crippen LogP contribution >= 0.6 is 0 Å². The molecule has 2 aliphatic rings. The molecule has 0 aliphatic carbocycles. The molecule has 0 saturated heterocycles. The lowest BCUT2D eigenvalue weighted by Gasteiger charge is -2.18. The van der Waals surface area contributed by atoms with E-state index in [0.717, 1.165) is 16.7 Å². The van der Waals surface area contributed by atoms with Gasteiger partial charge in [-0.2, -0.15) is 0 Å². The van der Waals surface area contributed by atoms with Crippen molar-refractivity contribution in [1.82, 2.24) is 0 Å². The number of hydrogen-bond donors (Lipinski definition) is 0. The van der Waals surface area contributed by atoms with Gasteiger partial charge >= 0.3 is 5.97 Å². The molecule has 0 atom stereocenters. The van der Waals surface area contributed by atoms with Crippen LogP contribution in [0.5, 0.6) is 11.5 Å². The van der Waals surface area contributed by atoms with E-state index in [4.69, 9.17) is 14.2 Å². The van der Waals surface area contributed by atoms with E-state index in [1.54, 1.807) is 6.08 Å². The number of benzene rings is 2. The maximum Gasteiger partial charge on any atom is 0.363 e. The summed E-state index contributed by atoms with van der Waals surface area (Å²) in [5.74, 6) is 1.26. The molecule has 120 valence electrons. The zero-order valence-corrected chi connectivity index (χ0v) is 13.1. The van der Waals surface area contributed by atoms with Gasteiger partial charge in [-0.1, -0.05) is 24.3 Å². The number of nitrogens with zero attached hydrogens (tertiary/aromatic N) is 1. The normalized spacial score (nSPS) is 17.6. The fraction of sp³-hybridized carbons (Fsp3) is 0.158. The lowest BCUT2D eigenvalue weighted by molar-refractivity contribution is -0.129. The second-order valence-electron chi connectivity index (χ2n) is 5.55. The molecule has 0 spiro atoms. The Morgan fingerprint density at radius 2 is 1.83 bits per heavy atom. The molecule has 2 aromatic rings. The van der Waals surface area contributed by atoms with E-state index in [-0.39, 0.29) is 5.70 Å². The van der Waals surface area contributed by atoms with Gasteiger partial charge in [-0.25, -0.2) is 9.79 Å². The summed E-state index contributed by atoms with van der Waals surface area (Å²) in [5.41, 5.74) is 2.90. The van der Waals surface area contributed by atoms with Crippen molar-refractivity contribution >= 4 is 17.9 Å². The molecule has 2 heterocycles. The van der Waals surface area contributed by atoms with Crippen LogP contribution in [0.4, 0.5) is 0 Å². The van der Waals surface area contributed by atoms with Crippen molar-refractivity contribution in [2.45, 2.75) is 6.92 Å². The third-order valence-corrected chi connectivity index (χ3v) is 3.87. The molecule has 0 fully saturated rings. The van der Waals surface area contributed by atoms with Gasteiger partial charge in [-0.05, 0) is 42.3 Å². The minimum absolute atomic E-state index is 0.268. The molecule has 5 heteroatoms. The highest BCUT2D eigenvalue weighted by atomic mass is 16.6. The van der Waals surface area contributed by atoms with Crippen LogP contribution < -0.4 is 9.47 Å². The van der Waals surface area contributed by atoms with Crippen molar-refractivity contribution in [2.24, 2.45) is 4.99 Å². The first-order valence-corrected chi connectivity index (χ1v) is 7.69. The second kappa shape index (κ2) is 5.85. The third-order valence-electron chi connectivity index (χ3n) is 3.87. The molecular formula is C19H15NO4. The zero-order chi connectivity index (χ0) is 16.5. The van der Waals surface area contributed by atoms with Gasteiger partial charge in [0.15, 0.2) is 17.2 Å². The standard InChI is InChI=1S/C19H15NO4/c1-12-4-2-3-5-14(12)18-20-15(19(21)24-18)10-13-6-7-16-17(11-13)23-9-8-22-16/h2-7,10-11H,8-9H2,1H3/b15-10-. The molecule has 5 nitrogen and oxygen atoms in total. The Bertz CT molecular complexity index is 883. The average molecular weight is 321 g/mol. The Hall–Kier alpha value is -3.08. The number of ether oxygens (including phenoxy) is 3. The summed E-state index contributed by atoms with van der Waals surface area (Å²) in [6.45, 7) is 3.02. The van der Waals surface area contributed by atoms with E-state index >= 15 is 0 Å². The molecule has 0 bridgehead atoms. The Morgan fingerprint density at radius 1 is 1.04 bits per heavy atom. The first-order valence-electron chi connectivity index (χ1n) is 7.69. The molecule has 0 N–H and O–H groups in total. The minimum Gasteiger partial charge on any atom is -0.486 e. The van der Waals surface area contributed by atoms with Gasteiger partial charge in [0.1, 0.15) is 13.2 Å². The van der Waals surface area contributed by atoms with Crippen molar-refractivity contribution in [3.8, 4) is 11.5 Å². The quantitative estimate of drug-likeness (QED) is 0.630. The second-order valence-corrected chi connectivity index (χ2v) is 5.55. The number of aliphatic imine (C=N–C) groups is 1. The van der Waals surface area contributed by atoms with Gasteiger partial charge < -0.3 is 14.2 Å². The van der Waals surface area contributed by atoms with Crippen LogP contribution in [0.25, 0.3) is 6.08 Å². The number of carbonyl (C=O) groups is 1. The van der Waals surface area contributed by atoms with Crippen LogP contribution in [0.3, 0.4) is 0 Å². The Morgan fingerprint density at radius 3 is 2.67 bits per heavy atom. The van der Waals surface area contributed by atoms with Crippen LogP contribution in [0.15, 0.2) is 53.2 Å². The van der Waals surface area contributed by atoms with Crippen LogP contribution in [0.2, 0.25) is 0 Å². The molecule has 2 aliphatic heterocycles. The summed E-state index contributed by atoms with van der Waals surface area (Å²) in [4.78, 5) is 16.4. The van der Waals surface area contributed by atoms with E-state index in [2.05, 4.69) is 4.99 Å². The fourth-order valence-electron chi connectivity index (χ4n) is 2.64. The third kappa shape index (κ3) is 2.65. The Kier molecular flexibility index (Phi) is 3.54. The summed E-state index contributed by atoms with van der Waals surface area (Å²) in [7, 11) is 0. The molecule has 0 amide bonds. The van der Waals surface area contributed by atoms with Gasteiger partial charge in [0.25, 0.3) is 0 Å². The predicted octanol–water partition coefficient (Wildman–Crippen LogP) is 3.11. The van der Waals surface area contributed by atoms with E-state index < -0.39 is 5.97 Å². The van der Waals surface area contributed by atoms with Crippen molar-refractivity contribution in [3.05, 3.63) is 64.9 Å². The molecule has 0 saturated carbocycles. The van der Waals surface area contributed by atoms with E-state index in [1.807, 2.05) is 49.4 Å². The monoisotopic (exact) mass is 321 g/mol. The largest absolute Gasteiger partial charge is 0.486 e. The highest BCUT2D eigenvalue weighted by Gasteiger charge is 2.25. The smallest absolute Gasteiger partial charge is 0.363 e. The number of aryl methyl sites for hydroxylation is 1. The summed E-state index contributed by atoms with van der Waals surface area (Å²) in [6, 6.07) is 13.2. The highest BCUT2D eigenvalue weighted by molar-refractivity contribution is 6.13. The first-order chi connectivity index (χ1) is 11.7. The summed E-state index contributed by atoms with van der Waals surface area (Å²) in [6.07, 6.45) is 1.69.